The molecule has 1 amide bonds. The van der Waals surface area contributed by atoms with Crippen LogP contribution in [-0.2, 0) is 10.5 Å². The predicted octanol–water partition coefficient (Wildman–Crippen LogP) is 4.74. The number of aryl methyl sites for hydroxylation is 2. The molecule has 0 bridgehead atoms. The molecule has 0 spiro atoms. The lowest BCUT2D eigenvalue weighted by Gasteiger charge is -2.33. The van der Waals surface area contributed by atoms with Gasteiger partial charge in [-0.05, 0) is 43.9 Å². The van der Waals surface area contributed by atoms with Gasteiger partial charge < -0.3 is 4.90 Å². The van der Waals surface area contributed by atoms with Crippen LogP contribution in [0.3, 0.4) is 0 Å². The highest BCUT2D eigenvalue weighted by atomic mass is 32.2. The van der Waals surface area contributed by atoms with E-state index in [1.54, 1.807) is 29.3 Å². The van der Waals surface area contributed by atoms with Crippen LogP contribution in [0, 0.1) is 13.8 Å². The van der Waals surface area contributed by atoms with Crippen molar-refractivity contribution >= 4 is 40.8 Å². The van der Waals surface area contributed by atoms with Gasteiger partial charge in [-0.25, -0.2) is 15.0 Å². The molecule has 1 aliphatic heterocycles. The van der Waals surface area contributed by atoms with E-state index in [2.05, 4.69) is 27.9 Å². The summed E-state index contributed by atoms with van der Waals surface area (Å²) in [5, 5.41) is 2.80. The summed E-state index contributed by atoms with van der Waals surface area (Å²) in [5.41, 5.74) is 4.33. The maximum atomic E-state index is 12.8. The fraction of sp³-hybridized carbons (Fsp3) is 0.409. The largest absolute Gasteiger partial charge is 0.341 e. The molecule has 1 unspecified atom stereocenters. The summed E-state index contributed by atoms with van der Waals surface area (Å²) in [4.78, 5) is 32.8. The molecule has 0 aliphatic carbocycles. The molecule has 3 aromatic heterocycles. The summed E-state index contributed by atoms with van der Waals surface area (Å²) < 4.78 is 0.960. The van der Waals surface area contributed by atoms with Crippen molar-refractivity contribution in [2.24, 2.45) is 0 Å². The van der Waals surface area contributed by atoms with Crippen molar-refractivity contribution in [3.63, 3.8) is 0 Å². The Morgan fingerprint density at radius 2 is 2.16 bits per heavy atom. The van der Waals surface area contributed by atoms with Crippen LogP contribution in [0.5, 0.6) is 0 Å². The van der Waals surface area contributed by atoms with Crippen LogP contribution in [-0.4, -0.2) is 49.6 Å². The maximum Gasteiger partial charge on any atom is 0.233 e. The first-order valence-corrected chi connectivity index (χ1v) is 13.1. The monoisotopic (exact) mass is 471 g/mol. The smallest absolute Gasteiger partial charge is 0.233 e. The van der Waals surface area contributed by atoms with E-state index in [1.165, 1.54) is 11.8 Å². The van der Waals surface area contributed by atoms with Crippen molar-refractivity contribution in [1.29, 1.82) is 0 Å². The number of rotatable bonds is 7. The number of piperidine rings is 1. The van der Waals surface area contributed by atoms with Gasteiger partial charge in [-0.2, -0.15) is 0 Å². The molecule has 3 aromatic rings. The van der Waals surface area contributed by atoms with Gasteiger partial charge in [0.2, 0.25) is 5.91 Å². The van der Waals surface area contributed by atoms with Gasteiger partial charge in [-0.1, -0.05) is 29.6 Å². The van der Waals surface area contributed by atoms with Crippen LogP contribution in [0.15, 0.2) is 45.6 Å². The first-order valence-electron chi connectivity index (χ1n) is 10.3. The van der Waals surface area contributed by atoms with Crippen LogP contribution in [0.25, 0.3) is 0 Å². The van der Waals surface area contributed by atoms with E-state index in [4.69, 9.17) is 4.98 Å². The lowest BCUT2D eigenvalue weighted by atomic mass is 9.92. The summed E-state index contributed by atoms with van der Waals surface area (Å²) in [6.07, 6.45) is 7.61. The zero-order valence-electron chi connectivity index (χ0n) is 17.7. The fourth-order valence-corrected chi connectivity index (χ4v) is 6.10. The number of thiazole rings is 1. The third kappa shape index (κ3) is 6.05. The summed E-state index contributed by atoms with van der Waals surface area (Å²) in [5.74, 6) is 1.67. The quantitative estimate of drug-likeness (QED) is 0.364. The number of likely N-dealkylation sites (tertiary alicyclic amines) is 1. The van der Waals surface area contributed by atoms with Gasteiger partial charge in [0.05, 0.1) is 11.4 Å². The molecule has 4 rings (SSSR count). The molecule has 0 radical (unpaired) electrons. The van der Waals surface area contributed by atoms with Crippen LogP contribution in [0.4, 0.5) is 0 Å². The summed E-state index contributed by atoms with van der Waals surface area (Å²) in [6.45, 7) is 5.58. The van der Waals surface area contributed by atoms with Crippen molar-refractivity contribution in [2.75, 3.05) is 18.8 Å². The summed E-state index contributed by atoms with van der Waals surface area (Å²) in [7, 11) is 0. The number of aromatic nitrogens is 4. The second kappa shape index (κ2) is 10.6. The number of hydrogen-bond acceptors (Lipinski definition) is 8. The molecule has 162 valence electrons. The number of amides is 1. The van der Waals surface area contributed by atoms with E-state index >= 15 is 0 Å². The molecule has 0 saturated carbocycles. The van der Waals surface area contributed by atoms with E-state index in [-0.39, 0.29) is 11.8 Å². The lowest BCUT2D eigenvalue weighted by molar-refractivity contribution is -0.129. The second-order valence-electron chi connectivity index (χ2n) is 7.59. The number of pyridine rings is 1. The number of carbonyl (C=O) groups is 1. The molecule has 31 heavy (non-hydrogen) atoms. The third-order valence-electron chi connectivity index (χ3n) is 5.16. The number of nitrogens with zero attached hydrogens (tertiary/aromatic N) is 5. The van der Waals surface area contributed by atoms with Crippen LogP contribution < -0.4 is 0 Å². The molecular formula is C22H25N5OS3. The number of thioether (sulfide) groups is 2. The Hall–Kier alpha value is -1.97. The van der Waals surface area contributed by atoms with Gasteiger partial charge in [0, 0.05) is 54.4 Å². The van der Waals surface area contributed by atoms with Crippen molar-refractivity contribution < 1.29 is 4.79 Å². The van der Waals surface area contributed by atoms with E-state index < -0.39 is 0 Å². The van der Waals surface area contributed by atoms with E-state index in [1.807, 2.05) is 35.7 Å². The minimum absolute atomic E-state index is 0.181. The molecular weight excluding hydrogens is 446 g/mol. The Labute approximate surface area is 195 Å². The molecule has 4 heterocycles. The number of hydrogen-bond donors (Lipinski definition) is 0. The zero-order chi connectivity index (χ0) is 21.6. The van der Waals surface area contributed by atoms with Crippen LogP contribution in [0.2, 0.25) is 0 Å². The molecule has 1 fully saturated rings. The molecule has 0 aromatic carbocycles. The van der Waals surface area contributed by atoms with Crippen LogP contribution in [0.1, 0.15) is 41.3 Å². The molecule has 6 nitrogen and oxygen atoms in total. The van der Waals surface area contributed by atoms with Gasteiger partial charge >= 0.3 is 0 Å². The normalized spacial score (nSPS) is 16.5. The Kier molecular flexibility index (Phi) is 7.58. The maximum absolute atomic E-state index is 12.8. The minimum Gasteiger partial charge on any atom is -0.341 e. The van der Waals surface area contributed by atoms with Gasteiger partial charge in [0.1, 0.15) is 0 Å². The number of carbonyl (C=O) groups excluding carboxylic acids is 1. The zero-order valence-corrected chi connectivity index (χ0v) is 20.1. The second-order valence-corrected chi connectivity index (χ2v) is 10.6. The molecule has 0 N–H and O–H groups in total. The van der Waals surface area contributed by atoms with Gasteiger partial charge in [0.25, 0.3) is 0 Å². The SMILES string of the molecule is Cc1csc(SCC(=O)N2CCCC(c3nc(SCc4cccnc4)ncc3C)C2)n1. The third-order valence-corrected chi connectivity index (χ3v) is 8.21. The standard InChI is InChI=1S/C22H25N5OS3/c1-15-9-24-21(29-13-17-5-3-7-23-10-17)26-20(15)18-6-4-8-27(11-18)19(28)14-31-22-25-16(2)12-30-22/h3,5,7,9-10,12,18H,4,6,8,11,13-14H2,1-2H3. The molecule has 1 saturated heterocycles. The first-order chi connectivity index (χ1) is 15.1. The Bertz CT molecular complexity index is 1030. The molecule has 1 atom stereocenters. The van der Waals surface area contributed by atoms with Crippen molar-refractivity contribution in [3.05, 3.63) is 58.6 Å². The Morgan fingerprint density at radius 3 is 2.94 bits per heavy atom. The first kappa shape index (κ1) is 22.2. The molecule has 9 heteroatoms. The molecule has 1 aliphatic rings. The van der Waals surface area contributed by atoms with Crippen LogP contribution >= 0.6 is 34.9 Å². The highest BCUT2D eigenvalue weighted by molar-refractivity contribution is 8.01. The average molecular weight is 472 g/mol. The summed E-state index contributed by atoms with van der Waals surface area (Å²) in [6, 6.07) is 4.00. The van der Waals surface area contributed by atoms with Crippen molar-refractivity contribution in [1.82, 2.24) is 24.8 Å². The van der Waals surface area contributed by atoms with E-state index in [9.17, 15) is 4.79 Å². The van der Waals surface area contributed by atoms with E-state index in [0.29, 0.717) is 5.75 Å². The highest BCUT2D eigenvalue weighted by Crippen LogP contribution is 2.30. The van der Waals surface area contributed by atoms with Gasteiger partial charge in [-0.15, -0.1) is 11.3 Å². The summed E-state index contributed by atoms with van der Waals surface area (Å²) >= 11 is 4.76. The minimum atomic E-state index is 0.181. The Morgan fingerprint density at radius 1 is 1.26 bits per heavy atom. The average Bonchev–Trinajstić information content (AvgIpc) is 3.22. The topological polar surface area (TPSA) is 71.9 Å². The van der Waals surface area contributed by atoms with Crippen molar-refractivity contribution in [2.45, 2.75) is 47.9 Å². The van der Waals surface area contributed by atoms with E-state index in [0.717, 1.165) is 63.7 Å². The van der Waals surface area contributed by atoms with Crippen molar-refractivity contribution in [3.8, 4) is 0 Å². The highest BCUT2D eigenvalue weighted by Gasteiger charge is 2.27. The van der Waals surface area contributed by atoms with Gasteiger partial charge in [0.15, 0.2) is 9.50 Å². The lowest BCUT2D eigenvalue weighted by Crippen LogP contribution is -2.40. The fourth-order valence-electron chi connectivity index (χ4n) is 3.59. The Balaban J connectivity index is 1.38. The van der Waals surface area contributed by atoms with Gasteiger partial charge in [-0.3, -0.25) is 9.78 Å². The predicted molar refractivity (Wildman–Crippen MR) is 127 cm³/mol.